The highest BCUT2D eigenvalue weighted by Crippen LogP contribution is 2.34. The number of alkyl halides is 4. The van der Waals surface area contributed by atoms with Crippen molar-refractivity contribution in [1.29, 1.82) is 0 Å². The molecule has 0 aliphatic carbocycles. The third-order valence-electron chi connectivity index (χ3n) is 2.66. The number of ether oxygens (including phenoxy) is 1. The van der Waals surface area contributed by atoms with E-state index in [1.54, 1.807) is 0 Å². The van der Waals surface area contributed by atoms with Gasteiger partial charge in [0.2, 0.25) is 0 Å². The molecule has 6 heteroatoms. The molecule has 0 aliphatic heterocycles. The lowest BCUT2D eigenvalue weighted by atomic mass is 9.98. The molecule has 0 spiro atoms. The SMILES string of the molecule is CCP(CCCl)CCOCC(CCl)(CBr)CBr. The molecule has 0 aliphatic rings. The summed E-state index contributed by atoms with van der Waals surface area (Å²) in [5.74, 6) is 1.38. The highest BCUT2D eigenvalue weighted by Gasteiger charge is 2.27. The van der Waals surface area contributed by atoms with Gasteiger partial charge in [-0.15, -0.1) is 31.1 Å². The molecular weight excluding hydrogens is 410 g/mol. The van der Waals surface area contributed by atoms with Crippen molar-refractivity contribution in [3.8, 4) is 0 Å². The average molecular weight is 431 g/mol. The van der Waals surface area contributed by atoms with E-state index in [0.29, 0.717) is 12.5 Å². The van der Waals surface area contributed by atoms with E-state index in [2.05, 4.69) is 38.8 Å². The molecule has 17 heavy (non-hydrogen) atoms. The average Bonchev–Trinajstić information content (AvgIpc) is 2.38. The maximum Gasteiger partial charge on any atom is 0.0550 e. The summed E-state index contributed by atoms with van der Waals surface area (Å²) in [6, 6.07) is 0. The number of rotatable bonds is 11. The van der Waals surface area contributed by atoms with E-state index >= 15 is 0 Å². The fourth-order valence-corrected chi connectivity index (χ4v) is 5.82. The van der Waals surface area contributed by atoms with Gasteiger partial charge in [-0.1, -0.05) is 38.8 Å². The van der Waals surface area contributed by atoms with Gasteiger partial charge < -0.3 is 4.74 Å². The van der Waals surface area contributed by atoms with E-state index < -0.39 is 0 Å². The van der Waals surface area contributed by atoms with Gasteiger partial charge in [-0.2, -0.15) is 0 Å². The summed E-state index contributed by atoms with van der Waals surface area (Å²) in [6.45, 7) is 3.77. The topological polar surface area (TPSA) is 9.23 Å². The molecule has 0 saturated heterocycles. The molecule has 0 heterocycles. The monoisotopic (exact) mass is 428 g/mol. The quantitative estimate of drug-likeness (QED) is 0.261. The lowest BCUT2D eigenvalue weighted by Crippen LogP contribution is -2.33. The van der Waals surface area contributed by atoms with E-state index in [1.807, 2.05) is 0 Å². The van der Waals surface area contributed by atoms with Crippen LogP contribution in [0.15, 0.2) is 0 Å². The summed E-state index contributed by atoms with van der Waals surface area (Å²) in [7, 11) is 0.0678. The van der Waals surface area contributed by atoms with Crippen molar-refractivity contribution >= 4 is 63.0 Å². The van der Waals surface area contributed by atoms with Crippen molar-refractivity contribution in [3.05, 3.63) is 0 Å². The van der Waals surface area contributed by atoms with Gasteiger partial charge in [0.05, 0.1) is 13.2 Å². The summed E-state index contributed by atoms with van der Waals surface area (Å²) >= 11 is 18.8. The van der Waals surface area contributed by atoms with Crippen LogP contribution >= 0.6 is 63.0 Å². The Kier molecular flexibility index (Phi) is 13.1. The van der Waals surface area contributed by atoms with E-state index in [4.69, 9.17) is 27.9 Å². The van der Waals surface area contributed by atoms with Gasteiger partial charge in [0, 0.05) is 27.8 Å². The van der Waals surface area contributed by atoms with Crippen LogP contribution in [-0.4, -0.2) is 54.1 Å². The first-order valence-corrected chi connectivity index (χ1v) is 10.9. The Balaban J connectivity index is 3.81. The van der Waals surface area contributed by atoms with Gasteiger partial charge in [-0.25, -0.2) is 0 Å². The van der Waals surface area contributed by atoms with Gasteiger partial charge in [0.25, 0.3) is 0 Å². The largest absolute Gasteiger partial charge is 0.380 e. The number of hydrogen-bond donors (Lipinski definition) is 0. The Morgan fingerprint density at radius 1 is 1.18 bits per heavy atom. The van der Waals surface area contributed by atoms with Crippen molar-refractivity contribution in [3.63, 3.8) is 0 Å². The molecule has 0 aromatic heterocycles. The molecule has 0 fully saturated rings. The third-order valence-corrected chi connectivity index (χ3v) is 8.62. The molecule has 0 amide bonds. The van der Waals surface area contributed by atoms with Crippen LogP contribution in [-0.2, 0) is 4.74 Å². The number of halogens is 4. The fraction of sp³-hybridized carbons (Fsp3) is 1.00. The zero-order valence-electron chi connectivity index (χ0n) is 10.2. The highest BCUT2D eigenvalue weighted by molar-refractivity contribution is 9.09. The molecule has 0 saturated carbocycles. The molecule has 1 unspecified atom stereocenters. The molecule has 0 bridgehead atoms. The van der Waals surface area contributed by atoms with Gasteiger partial charge in [0.1, 0.15) is 0 Å². The zero-order chi connectivity index (χ0) is 13.1. The molecular formula is C11H21Br2Cl2OP. The Bertz CT molecular complexity index is 175. The Morgan fingerprint density at radius 2 is 1.82 bits per heavy atom. The van der Waals surface area contributed by atoms with Gasteiger partial charge in [0.15, 0.2) is 0 Å². The minimum atomic E-state index is 0.0169. The predicted molar refractivity (Wildman–Crippen MR) is 89.5 cm³/mol. The van der Waals surface area contributed by atoms with E-state index in [9.17, 15) is 0 Å². The van der Waals surface area contributed by atoms with Crippen LogP contribution in [0.5, 0.6) is 0 Å². The smallest absolute Gasteiger partial charge is 0.0550 e. The molecule has 1 nitrogen and oxygen atoms in total. The van der Waals surface area contributed by atoms with Crippen LogP contribution in [0, 0.1) is 5.41 Å². The summed E-state index contributed by atoms with van der Waals surface area (Å²) in [6.07, 6.45) is 3.54. The van der Waals surface area contributed by atoms with Gasteiger partial charge in [-0.3, -0.25) is 0 Å². The molecule has 104 valence electrons. The van der Waals surface area contributed by atoms with Gasteiger partial charge in [-0.05, 0) is 18.5 Å². The van der Waals surface area contributed by atoms with Crippen LogP contribution in [0.3, 0.4) is 0 Å². The predicted octanol–water partition coefficient (Wildman–Crippen LogP) is 4.76. The number of hydrogen-bond acceptors (Lipinski definition) is 1. The second-order valence-electron chi connectivity index (χ2n) is 4.08. The highest BCUT2D eigenvalue weighted by atomic mass is 79.9. The maximum absolute atomic E-state index is 5.99. The van der Waals surface area contributed by atoms with Crippen molar-refractivity contribution in [2.75, 3.05) is 54.1 Å². The second kappa shape index (κ2) is 11.7. The van der Waals surface area contributed by atoms with Crippen molar-refractivity contribution in [1.82, 2.24) is 0 Å². The summed E-state index contributed by atoms with van der Waals surface area (Å²) in [5.41, 5.74) is 0.0169. The zero-order valence-corrected chi connectivity index (χ0v) is 15.8. The third kappa shape index (κ3) is 7.95. The first kappa shape index (κ1) is 18.9. The first-order valence-electron chi connectivity index (χ1n) is 5.72. The van der Waals surface area contributed by atoms with Crippen molar-refractivity contribution in [2.24, 2.45) is 5.41 Å². The van der Waals surface area contributed by atoms with Crippen LogP contribution in [0.2, 0.25) is 0 Å². The lowest BCUT2D eigenvalue weighted by molar-refractivity contribution is 0.0891. The Labute approximate surface area is 133 Å². The maximum atomic E-state index is 5.99. The molecule has 0 radical (unpaired) electrons. The molecule has 0 aromatic carbocycles. The van der Waals surface area contributed by atoms with Crippen molar-refractivity contribution in [2.45, 2.75) is 6.92 Å². The standard InChI is InChI=1S/C11H21Br2Cl2OP/c1-2-17(5-3-14)6-4-16-10-11(7-12,8-13)9-15/h2-10H2,1H3. The lowest BCUT2D eigenvalue weighted by Gasteiger charge is -2.27. The van der Waals surface area contributed by atoms with Gasteiger partial charge >= 0.3 is 0 Å². The molecule has 0 aromatic rings. The summed E-state index contributed by atoms with van der Waals surface area (Å²) in [4.78, 5) is 0. The summed E-state index contributed by atoms with van der Waals surface area (Å²) in [5, 5.41) is 1.72. The normalized spacial score (nSPS) is 13.9. The Morgan fingerprint density at radius 3 is 2.24 bits per heavy atom. The molecule has 1 atom stereocenters. The van der Waals surface area contributed by atoms with E-state index in [-0.39, 0.29) is 13.3 Å². The van der Waals surface area contributed by atoms with Crippen LogP contribution < -0.4 is 0 Å². The van der Waals surface area contributed by atoms with Crippen LogP contribution in [0.4, 0.5) is 0 Å². The fourth-order valence-electron chi connectivity index (χ4n) is 1.25. The minimum absolute atomic E-state index is 0.0169. The van der Waals surface area contributed by atoms with E-state index in [1.165, 1.54) is 6.16 Å². The molecule has 0 rings (SSSR count). The van der Waals surface area contributed by atoms with E-state index in [0.717, 1.165) is 35.5 Å². The summed E-state index contributed by atoms with van der Waals surface area (Å²) < 4.78 is 5.78. The van der Waals surface area contributed by atoms with Crippen molar-refractivity contribution < 1.29 is 4.74 Å². The second-order valence-corrected chi connectivity index (χ2v) is 8.71. The molecule has 0 N–H and O–H groups in total. The minimum Gasteiger partial charge on any atom is -0.380 e. The Hall–Kier alpha value is 1.93. The van der Waals surface area contributed by atoms with Crippen LogP contribution in [0.25, 0.3) is 0 Å². The first-order chi connectivity index (χ1) is 8.17. The van der Waals surface area contributed by atoms with Crippen LogP contribution in [0.1, 0.15) is 6.92 Å².